The van der Waals surface area contributed by atoms with Gasteiger partial charge in [-0.3, -0.25) is 0 Å². The van der Waals surface area contributed by atoms with Crippen LogP contribution >= 0.6 is 10.3 Å². The van der Waals surface area contributed by atoms with Gasteiger partial charge in [0.15, 0.2) is 0 Å². The van der Waals surface area contributed by atoms with Crippen molar-refractivity contribution in [3.05, 3.63) is 78.4 Å². The van der Waals surface area contributed by atoms with E-state index in [0.717, 1.165) is 0 Å². The average molecular weight is 435 g/mol. The van der Waals surface area contributed by atoms with Gasteiger partial charge in [0.05, 0.1) is 11.6 Å². The van der Waals surface area contributed by atoms with Crippen LogP contribution in [0.25, 0.3) is 11.1 Å². The maximum atomic E-state index is 13.3. The quantitative estimate of drug-likeness (QED) is 0.502. The van der Waals surface area contributed by atoms with Crippen molar-refractivity contribution in [1.29, 1.82) is 5.26 Å². The molecule has 0 N–H and O–H groups in total. The van der Waals surface area contributed by atoms with Crippen LogP contribution in [0.15, 0.2) is 87.5 Å². The predicted molar refractivity (Wildman–Crippen MR) is 101 cm³/mol. The van der Waals surface area contributed by atoms with Crippen molar-refractivity contribution in [2.45, 2.75) is 20.2 Å². The van der Waals surface area contributed by atoms with Crippen molar-refractivity contribution in [1.82, 2.24) is 0 Å². The van der Waals surface area contributed by atoms with E-state index in [0.29, 0.717) is 26.5 Å². The molecule has 0 saturated heterocycles. The van der Waals surface area contributed by atoms with Gasteiger partial charge in [-0.05, 0) is 57.8 Å². The summed E-state index contributed by atoms with van der Waals surface area (Å²) in [6.45, 7) is 0. The van der Waals surface area contributed by atoms with E-state index in [-0.39, 0.29) is 4.90 Å². The summed E-state index contributed by atoms with van der Waals surface area (Å²) in [6.07, 6.45) is 0. The van der Waals surface area contributed by atoms with E-state index in [1.165, 1.54) is 24.3 Å². The summed E-state index contributed by atoms with van der Waals surface area (Å²) in [5, 5.41) is 9.05. The average Bonchev–Trinajstić information content (AvgIpc) is 2.98. The third-order valence-electron chi connectivity index (χ3n) is 4.47. The van der Waals surface area contributed by atoms with Crippen LogP contribution in [0, 0.1) is 11.3 Å². The first-order chi connectivity index (χ1) is 13.7. The van der Waals surface area contributed by atoms with Gasteiger partial charge in [-0.15, -0.1) is 0 Å². The second-order valence-electron chi connectivity index (χ2n) is 6.15. The van der Waals surface area contributed by atoms with Gasteiger partial charge in [0.1, 0.15) is 0 Å². The lowest BCUT2D eigenvalue weighted by Crippen LogP contribution is -2.27. The highest BCUT2D eigenvalue weighted by molar-refractivity contribution is 8.33. The Morgan fingerprint density at radius 1 is 0.828 bits per heavy atom. The first-order valence-electron chi connectivity index (χ1n) is 8.25. The molecule has 1 heterocycles. The van der Waals surface area contributed by atoms with Crippen LogP contribution < -0.4 is 0 Å². The minimum Gasteiger partial charge on any atom is -0.200 e. The smallest absolute Gasteiger partial charge is 0.200 e. The topological polar surface area (TPSA) is 67.2 Å². The lowest BCUT2D eigenvalue weighted by molar-refractivity contribution is -0.0496. The molecule has 0 radical (unpaired) electrons. The van der Waals surface area contributed by atoms with Crippen LogP contribution in [0.2, 0.25) is 0 Å². The van der Waals surface area contributed by atoms with Crippen molar-refractivity contribution in [3.8, 4) is 17.2 Å². The number of alkyl halides is 3. The third kappa shape index (κ3) is 2.92. The summed E-state index contributed by atoms with van der Waals surface area (Å²) < 4.78 is 69.3. The highest BCUT2D eigenvalue weighted by Gasteiger charge is 2.54. The highest BCUT2D eigenvalue weighted by Crippen LogP contribution is 2.77. The number of nitriles is 1. The molecule has 1 aliphatic heterocycles. The van der Waals surface area contributed by atoms with Gasteiger partial charge < -0.3 is 0 Å². The Morgan fingerprint density at radius 3 is 1.76 bits per heavy atom. The number of hydrogen-bond acceptors (Lipinski definition) is 4. The molecule has 29 heavy (non-hydrogen) atoms. The maximum absolute atomic E-state index is 13.3. The first-order valence-corrected chi connectivity index (χ1v) is 11.2. The van der Waals surface area contributed by atoms with Crippen LogP contribution in [0.5, 0.6) is 0 Å². The molecule has 4 rings (SSSR count). The minimum absolute atomic E-state index is 0.252. The van der Waals surface area contributed by atoms with Crippen LogP contribution in [0.4, 0.5) is 13.2 Å². The Hall–Kier alpha value is -2.80. The molecular weight excluding hydrogens is 423 g/mol. The van der Waals surface area contributed by atoms with Crippen molar-refractivity contribution in [3.63, 3.8) is 0 Å². The Bertz CT molecular complexity index is 1200. The van der Waals surface area contributed by atoms with Gasteiger partial charge in [0, 0.05) is 14.7 Å². The lowest BCUT2D eigenvalue weighted by atomic mass is 10.1. The van der Waals surface area contributed by atoms with E-state index < -0.39 is 25.9 Å². The van der Waals surface area contributed by atoms with E-state index in [1.54, 1.807) is 48.5 Å². The van der Waals surface area contributed by atoms with E-state index in [2.05, 4.69) is 0 Å². The summed E-state index contributed by atoms with van der Waals surface area (Å²) in [7, 11) is -9.16. The van der Waals surface area contributed by atoms with Crippen molar-refractivity contribution in [2.75, 3.05) is 0 Å². The largest absolute Gasteiger partial charge is 0.524 e. The van der Waals surface area contributed by atoms with Gasteiger partial charge in [0.25, 0.3) is 0 Å². The SMILES string of the molecule is N#Cc1ccc(S2(OS(=O)(=O)C(F)(F)F)c3ccccc3-c3ccccc32)cc1. The fraction of sp³-hybridized carbons (Fsp3) is 0.0500. The number of fused-ring (bicyclic) bond motifs is 3. The van der Waals surface area contributed by atoms with Gasteiger partial charge >= 0.3 is 15.6 Å². The van der Waals surface area contributed by atoms with Crippen LogP contribution in [0.1, 0.15) is 5.56 Å². The molecule has 4 nitrogen and oxygen atoms in total. The molecule has 148 valence electrons. The van der Waals surface area contributed by atoms with E-state index in [9.17, 15) is 21.6 Å². The van der Waals surface area contributed by atoms with Crippen LogP contribution in [-0.4, -0.2) is 13.9 Å². The molecular formula is C20H12F3NO3S2. The van der Waals surface area contributed by atoms with Crippen molar-refractivity contribution in [2.24, 2.45) is 0 Å². The number of nitrogens with zero attached hydrogens (tertiary/aromatic N) is 1. The molecule has 3 aromatic rings. The van der Waals surface area contributed by atoms with Crippen LogP contribution in [0.3, 0.4) is 0 Å². The van der Waals surface area contributed by atoms with Gasteiger partial charge in [-0.2, -0.15) is 30.5 Å². The molecule has 0 atom stereocenters. The highest BCUT2D eigenvalue weighted by atomic mass is 32.3. The monoisotopic (exact) mass is 435 g/mol. The molecule has 0 bridgehead atoms. The third-order valence-corrected chi connectivity index (χ3v) is 9.46. The number of halogens is 3. The summed E-state index contributed by atoms with van der Waals surface area (Å²) >= 11 is 0. The minimum atomic E-state index is -5.92. The summed E-state index contributed by atoms with van der Waals surface area (Å²) in [5.74, 6) is 0. The molecule has 0 aromatic heterocycles. The zero-order valence-electron chi connectivity index (χ0n) is 14.6. The zero-order valence-corrected chi connectivity index (χ0v) is 16.2. The predicted octanol–water partition coefficient (Wildman–Crippen LogP) is 5.60. The molecule has 3 aromatic carbocycles. The number of hydrogen-bond donors (Lipinski definition) is 0. The molecule has 1 aliphatic rings. The summed E-state index contributed by atoms with van der Waals surface area (Å²) in [5.41, 5.74) is -4.06. The Morgan fingerprint density at radius 2 is 1.31 bits per heavy atom. The molecule has 9 heteroatoms. The summed E-state index contributed by atoms with van der Waals surface area (Å²) in [6, 6.07) is 21.0. The van der Waals surface area contributed by atoms with E-state index in [4.69, 9.17) is 8.89 Å². The van der Waals surface area contributed by atoms with Crippen LogP contribution in [-0.2, 0) is 13.7 Å². The number of benzene rings is 3. The number of rotatable bonds is 3. The van der Waals surface area contributed by atoms with Gasteiger partial charge in [0.2, 0.25) is 0 Å². The fourth-order valence-corrected chi connectivity index (χ4v) is 8.32. The van der Waals surface area contributed by atoms with Gasteiger partial charge in [-0.1, -0.05) is 36.4 Å². The lowest BCUT2D eigenvalue weighted by Gasteiger charge is -2.36. The maximum Gasteiger partial charge on any atom is 0.524 e. The Balaban J connectivity index is 2.08. The zero-order chi connectivity index (χ0) is 20.9. The Labute approximate surface area is 166 Å². The first kappa shape index (κ1) is 19.5. The fourth-order valence-electron chi connectivity index (χ4n) is 3.26. The molecule has 0 unspecified atom stereocenters. The van der Waals surface area contributed by atoms with Crippen molar-refractivity contribution < 1.29 is 25.2 Å². The Kier molecular flexibility index (Phi) is 4.46. The molecule has 0 amide bonds. The standard InChI is InChI=1S/C20H12F3NO3S2/c21-20(22,23)29(25,26)27-28(15-11-9-14(13-24)10-12-15)18-7-3-1-5-16(18)17-6-2-4-8-19(17)28/h1-12H. The molecule has 0 saturated carbocycles. The van der Waals surface area contributed by atoms with E-state index >= 15 is 0 Å². The van der Waals surface area contributed by atoms with Gasteiger partial charge in [-0.25, -0.2) is 0 Å². The molecule has 0 fully saturated rings. The molecule has 0 aliphatic carbocycles. The molecule has 0 spiro atoms. The second kappa shape index (κ2) is 6.62. The van der Waals surface area contributed by atoms with E-state index in [1.807, 2.05) is 6.07 Å². The normalized spacial score (nSPS) is 15.8. The van der Waals surface area contributed by atoms with Crippen molar-refractivity contribution >= 4 is 20.4 Å². The summed E-state index contributed by atoms with van der Waals surface area (Å²) in [4.78, 5) is 0.971. The second-order valence-corrected chi connectivity index (χ2v) is 10.5.